The van der Waals surface area contributed by atoms with E-state index in [-0.39, 0.29) is 11.4 Å². The summed E-state index contributed by atoms with van der Waals surface area (Å²) in [5, 5.41) is 3.03. The predicted octanol–water partition coefficient (Wildman–Crippen LogP) is 1.12. The minimum atomic E-state index is -0.158. The number of rotatable bonds is 3. The summed E-state index contributed by atoms with van der Waals surface area (Å²) in [6.07, 6.45) is 7.05. The fraction of sp³-hybridized carbons (Fsp3) is 0.545. The van der Waals surface area contributed by atoms with Crippen LogP contribution in [0.4, 0.5) is 5.82 Å². The van der Waals surface area contributed by atoms with Crippen LogP contribution in [0.25, 0.3) is 0 Å². The van der Waals surface area contributed by atoms with Crippen LogP contribution in [0, 0.1) is 0 Å². The fourth-order valence-electron chi connectivity index (χ4n) is 1.93. The molecule has 1 aromatic rings. The first kappa shape index (κ1) is 10.9. The summed E-state index contributed by atoms with van der Waals surface area (Å²) in [4.78, 5) is 19.7. The first-order chi connectivity index (χ1) is 7.65. The number of amides is 1. The van der Waals surface area contributed by atoms with Gasteiger partial charge in [-0.25, -0.2) is 9.97 Å². The van der Waals surface area contributed by atoms with E-state index >= 15 is 0 Å². The van der Waals surface area contributed by atoms with Crippen molar-refractivity contribution in [2.24, 2.45) is 0 Å². The minimum Gasteiger partial charge on any atom is -0.382 e. The molecule has 0 saturated heterocycles. The Morgan fingerprint density at radius 1 is 1.50 bits per heavy atom. The third kappa shape index (κ3) is 1.98. The van der Waals surface area contributed by atoms with Crippen molar-refractivity contribution in [1.82, 2.24) is 15.3 Å². The van der Waals surface area contributed by atoms with Gasteiger partial charge in [-0.05, 0) is 25.7 Å². The van der Waals surface area contributed by atoms with E-state index in [0.717, 1.165) is 19.3 Å². The van der Waals surface area contributed by atoms with Gasteiger partial charge in [-0.3, -0.25) is 4.79 Å². The van der Waals surface area contributed by atoms with Crippen molar-refractivity contribution < 1.29 is 4.79 Å². The number of nitrogen functional groups attached to an aromatic ring is 1. The van der Waals surface area contributed by atoms with Gasteiger partial charge in [0, 0.05) is 5.54 Å². The Morgan fingerprint density at radius 2 is 2.25 bits per heavy atom. The van der Waals surface area contributed by atoms with E-state index in [1.807, 2.05) is 0 Å². The van der Waals surface area contributed by atoms with Crippen LogP contribution in [-0.2, 0) is 0 Å². The van der Waals surface area contributed by atoms with Gasteiger partial charge in [0.2, 0.25) is 0 Å². The van der Waals surface area contributed by atoms with Crippen molar-refractivity contribution >= 4 is 11.7 Å². The average molecular weight is 220 g/mol. The highest BCUT2D eigenvalue weighted by molar-refractivity contribution is 5.92. The molecule has 0 spiro atoms. The zero-order chi connectivity index (χ0) is 11.6. The van der Waals surface area contributed by atoms with Crippen LogP contribution in [0.5, 0.6) is 0 Å². The lowest BCUT2D eigenvalue weighted by molar-refractivity contribution is 0.0815. The molecule has 1 amide bonds. The predicted molar refractivity (Wildman–Crippen MR) is 60.8 cm³/mol. The summed E-state index contributed by atoms with van der Waals surface area (Å²) < 4.78 is 0. The van der Waals surface area contributed by atoms with Crippen LogP contribution in [0.1, 0.15) is 43.1 Å². The smallest absolute Gasteiger partial charge is 0.271 e. The number of aromatic nitrogens is 2. The van der Waals surface area contributed by atoms with E-state index in [9.17, 15) is 4.79 Å². The quantitative estimate of drug-likeness (QED) is 0.799. The topological polar surface area (TPSA) is 80.9 Å². The number of hydrogen-bond acceptors (Lipinski definition) is 4. The molecule has 3 N–H and O–H groups in total. The van der Waals surface area contributed by atoms with Gasteiger partial charge in [-0.15, -0.1) is 0 Å². The first-order valence-electron chi connectivity index (χ1n) is 5.55. The Morgan fingerprint density at radius 3 is 2.69 bits per heavy atom. The second kappa shape index (κ2) is 4.08. The number of nitrogens with two attached hydrogens (primary N) is 1. The van der Waals surface area contributed by atoms with Gasteiger partial charge in [-0.2, -0.15) is 0 Å². The van der Waals surface area contributed by atoms with E-state index in [2.05, 4.69) is 22.2 Å². The summed E-state index contributed by atoms with van der Waals surface area (Å²) in [6, 6.07) is 0. The summed E-state index contributed by atoms with van der Waals surface area (Å²) >= 11 is 0. The number of hydrogen-bond donors (Lipinski definition) is 2. The molecule has 5 heteroatoms. The van der Waals surface area contributed by atoms with E-state index in [4.69, 9.17) is 5.73 Å². The molecule has 0 aromatic carbocycles. The molecule has 1 fully saturated rings. The second-order valence-corrected chi connectivity index (χ2v) is 4.27. The van der Waals surface area contributed by atoms with Crippen molar-refractivity contribution in [3.8, 4) is 0 Å². The maximum Gasteiger partial charge on any atom is 0.271 e. The maximum absolute atomic E-state index is 11.9. The maximum atomic E-state index is 11.9. The highest BCUT2D eigenvalue weighted by Gasteiger charge is 2.36. The van der Waals surface area contributed by atoms with Gasteiger partial charge >= 0.3 is 0 Å². The highest BCUT2D eigenvalue weighted by atomic mass is 16.2. The molecule has 0 unspecified atom stereocenters. The fourth-order valence-corrected chi connectivity index (χ4v) is 1.93. The molecule has 86 valence electrons. The minimum absolute atomic E-state index is 0.0137. The number of nitrogens with zero attached hydrogens (tertiary/aromatic N) is 2. The second-order valence-electron chi connectivity index (χ2n) is 4.27. The summed E-state index contributed by atoms with van der Waals surface area (Å²) in [5.74, 6) is 0.166. The Labute approximate surface area is 94.5 Å². The molecule has 1 aliphatic rings. The number of nitrogens with one attached hydrogen (secondary N) is 1. The van der Waals surface area contributed by atoms with Crippen LogP contribution in [-0.4, -0.2) is 21.4 Å². The van der Waals surface area contributed by atoms with Crippen LogP contribution in [0.2, 0.25) is 0 Å². The SMILES string of the molecule is CCC1(NC(=O)c2cnc(N)cn2)CCC1. The summed E-state index contributed by atoms with van der Waals surface area (Å²) in [7, 11) is 0. The number of carbonyl (C=O) groups is 1. The molecule has 0 aliphatic heterocycles. The lowest BCUT2D eigenvalue weighted by atomic mass is 9.75. The monoisotopic (exact) mass is 220 g/mol. The third-order valence-electron chi connectivity index (χ3n) is 3.27. The average Bonchev–Trinajstić information content (AvgIpc) is 2.24. The van der Waals surface area contributed by atoms with Crippen molar-refractivity contribution in [2.45, 2.75) is 38.1 Å². The molecule has 16 heavy (non-hydrogen) atoms. The Balaban J connectivity index is 2.05. The number of carbonyl (C=O) groups excluding carboxylic acids is 1. The van der Waals surface area contributed by atoms with Crippen LogP contribution >= 0.6 is 0 Å². The number of anilines is 1. The van der Waals surface area contributed by atoms with Crippen molar-refractivity contribution in [1.29, 1.82) is 0 Å². The van der Waals surface area contributed by atoms with Crippen molar-refractivity contribution in [2.75, 3.05) is 5.73 Å². The Hall–Kier alpha value is -1.65. The van der Waals surface area contributed by atoms with E-state index in [1.165, 1.54) is 18.8 Å². The van der Waals surface area contributed by atoms with Gasteiger partial charge in [0.05, 0.1) is 12.4 Å². The Kier molecular flexibility index (Phi) is 2.77. The van der Waals surface area contributed by atoms with Crippen LogP contribution < -0.4 is 11.1 Å². The molecule has 1 aromatic heterocycles. The molecule has 2 rings (SSSR count). The molecule has 0 atom stereocenters. The molecule has 5 nitrogen and oxygen atoms in total. The Bertz CT molecular complexity index is 378. The van der Waals surface area contributed by atoms with Crippen molar-refractivity contribution in [3.63, 3.8) is 0 Å². The van der Waals surface area contributed by atoms with Gasteiger partial charge < -0.3 is 11.1 Å². The summed E-state index contributed by atoms with van der Waals surface area (Å²) in [5.41, 5.74) is 5.73. The lowest BCUT2D eigenvalue weighted by Gasteiger charge is -2.41. The van der Waals surface area contributed by atoms with E-state index < -0.39 is 0 Å². The van der Waals surface area contributed by atoms with Gasteiger partial charge in [0.25, 0.3) is 5.91 Å². The van der Waals surface area contributed by atoms with Crippen LogP contribution in [0.15, 0.2) is 12.4 Å². The third-order valence-corrected chi connectivity index (χ3v) is 3.27. The normalized spacial score (nSPS) is 17.6. The zero-order valence-corrected chi connectivity index (χ0v) is 9.36. The standard InChI is InChI=1S/C11H16N4O/c1-2-11(4-3-5-11)15-10(16)8-6-14-9(12)7-13-8/h6-7H,2-5H2,1H3,(H2,12,14)(H,15,16). The first-order valence-corrected chi connectivity index (χ1v) is 5.55. The van der Waals surface area contributed by atoms with Gasteiger partial charge in [-0.1, -0.05) is 6.92 Å². The molecular weight excluding hydrogens is 204 g/mol. The van der Waals surface area contributed by atoms with Gasteiger partial charge in [0.1, 0.15) is 11.5 Å². The largest absolute Gasteiger partial charge is 0.382 e. The van der Waals surface area contributed by atoms with E-state index in [0.29, 0.717) is 11.5 Å². The summed E-state index contributed by atoms with van der Waals surface area (Å²) in [6.45, 7) is 2.09. The molecule has 0 radical (unpaired) electrons. The zero-order valence-electron chi connectivity index (χ0n) is 9.36. The molecular formula is C11H16N4O. The van der Waals surface area contributed by atoms with Crippen molar-refractivity contribution in [3.05, 3.63) is 18.1 Å². The lowest BCUT2D eigenvalue weighted by Crippen LogP contribution is -2.53. The molecule has 1 heterocycles. The molecule has 0 bridgehead atoms. The van der Waals surface area contributed by atoms with Gasteiger partial charge in [0.15, 0.2) is 0 Å². The van der Waals surface area contributed by atoms with E-state index in [1.54, 1.807) is 0 Å². The molecule has 1 aliphatic carbocycles. The van der Waals surface area contributed by atoms with Crippen LogP contribution in [0.3, 0.4) is 0 Å². The highest BCUT2D eigenvalue weighted by Crippen LogP contribution is 2.34. The molecule has 1 saturated carbocycles.